The number of hydrogen-bond donors (Lipinski definition) is 1. The topological polar surface area (TPSA) is 45.2 Å². The van der Waals surface area contributed by atoms with E-state index in [0.29, 0.717) is 5.82 Å². The maximum atomic E-state index is 13.2. The highest BCUT2D eigenvalue weighted by molar-refractivity contribution is 7.98. The molecule has 0 aliphatic carbocycles. The Kier molecular flexibility index (Phi) is 5.40. The van der Waals surface area contributed by atoms with E-state index in [1.54, 1.807) is 30.8 Å². The molecule has 1 amide bonds. The molecule has 1 unspecified atom stereocenters. The predicted molar refractivity (Wildman–Crippen MR) is 73.7 cm³/mol. The highest BCUT2D eigenvalue weighted by Gasteiger charge is 2.21. The van der Waals surface area contributed by atoms with Gasteiger partial charge in [-0.05, 0) is 19.2 Å². The van der Waals surface area contributed by atoms with Crippen molar-refractivity contribution >= 4 is 23.5 Å². The summed E-state index contributed by atoms with van der Waals surface area (Å²) in [6, 6.07) is 1.30. The number of rotatable bonds is 5. The van der Waals surface area contributed by atoms with Crippen molar-refractivity contribution in [1.29, 1.82) is 0 Å². The van der Waals surface area contributed by atoms with E-state index < -0.39 is 5.82 Å². The monoisotopic (exact) mass is 271 g/mol. The second-order valence-corrected chi connectivity index (χ2v) is 4.93. The van der Waals surface area contributed by atoms with Crippen LogP contribution in [0.15, 0.2) is 12.3 Å². The van der Waals surface area contributed by atoms with Gasteiger partial charge in [-0.15, -0.1) is 0 Å². The number of anilines is 1. The molecule has 0 aliphatic heterocycles. The number of halogens is 1. The van der Waals surface area contributed by atoms with Crippen molar-refractivity contribution in [2.24, 2.45) is 0 Å². The fraction of sp³-hybridized carbons (Fsp3) is 0.500. The van der Waals surface area contributed by atoms with Crippen molar-refractivity contribution in [3.05, 3.63) is 23.6 Å². The van der Waals surface area contributed by atoms with E-state index in [-0.39, 0.29) is 17.5 Å². The molecule has 100 valence electrons. The first-order valence-corrected chi connectivity index (χ1v) is 7.00. The van der Waals surface area contributed by atoms with E-state index >= 15 is 0 Å². The largest absolute Gasteiger partial charge is 0.372 e. The normalized spacial score (nSPS) is 12.1. The predicted octanol–water partition coefficient (Wildman–Crippen LogP) is 2.09. The van der Waals surface area contributed by atoms with Crippen LogP contribution in [-0.4, -0.2) is 47.9 Å². The maximum absolute atomic E-state index is 13.2. The van der Waals surface area contributed by atoms with Gasteiger partial charge in [0.15, 0.2) is 0 Å². The fourth-order valence-corrected chi connectivity index (χ4v) is 2.25. The Morgan fingerprint density at radius 3 is 2.89 bits per heavy atom. The van der Waals surface area contributed by atoms with E-state index in [1.807, 2.05) is 13.2 Å². The van der Waals surface area contributed by atoms with E-state index in [2.05, 4.69) is 10.3 Å². The van der Waals surface area contributed by atoms with E-state index in [4.69, 9.17) is 0 Å². The molecule has 0 saturated carbocycles. The number of carbonyl (C=O) groups excluding carboxylic acids is 1. The lowest BCUT2D eigenvalue weighted by Gasteiger charge is -2.25. The molecule has 1 N–H and O–H groups in total. The van der Waals surface area contributed by atoms with Gasteiger partial charge in [-0.2, -0.15) is 11.8 Å². The van der Waals surface area contributed by atoms with Crippen molar-refractivity contribution < 1.29 is 9.18 Å². The molecule has 18 heavy (non-hydrogen) atoms. The Bertz CT molecular complexity index is 428. The third-order valence-electron chi connectivity index (χ3n) is 2.71. The van der Waals surface area contributed by atoms with Crippen LogP contribution in [0.1, 0.15) is 17.3 Å². The molecule has 0 radical (unpaired) electrons. The summed E-state index contributed by atoms with van der Waals surface area (Å²) >= 11 is 1.66. The lowest BCUT2D eigenvalue weighted by molar-refractivity contribution is 0.0757. The second-order valence-electron chi connectivity index (χ2n) is 4.02. The third kappa shape index (κ3) is 3.35. The zero-order valence-electron chi connectivity index (χ0n) is 11.0. The molecule has 1 aromatic rings. The number of pyridine rings is 1. The summed E-state index contributed by atoms with van der Waals surface area (Å²) < 4.78 is 13.2. The van der Waals surface area contributed by atoms with Gasteiger partial charge in [0.05, 0.1) is 11.8 Å². The van der Waals surface area contributed by atoms with Crippen LogP contribution in [0, 0.1) is 5.82 Å². The summed E-state index contributed by atoms with van der Waals surface area (Å²) in [6.45, 7) is 1.96. The van der Waals surface area contributed by atoms with Gasteiger partial charge in [0, 0.05) is 25.9 Å². The number of aromatic nitrogens is 1. The first-order chi connectivity index (χ1) is 8.51. The van der Waals surface area contributed by atoms with Gasteiger partial charge in [-0.3, -0.25) is 4.79 Å². The average molecular weight is 271 g/mol. The molecular weight excluding hydrogens is 253 g/mol. The van der Waals surface area contributed by atoms with E-state index in [0.717, 1.165) is 11.9 Å². The van der Waals surface area contributed by atoms with Crippen LogP contribution in [0.5, 0.6) is 0 Å². The maximum Gasteiger partial charge on any atom is 0.257 e. The first-order valence-electron chi connectivity index (χ1n) is 5.60. The summed E-state index contributed by atoms with van der Waals surface area (Å²) in [5.41, 5.74) is 0.257. The van der Waals surface area contributed by atoms with E-state index in [1.165, 1.54) is 6.07 Å². The van der Waals surface area contributed by atoms with Gasteiger partial charge in [0.25, 0.3) is 5.91 Å². The lowest BCUT2D eigenvalue weighted by Crippen LogP contribution is -2.37. The van der Waals surface area contributed by atoms with Gasteiger partial charge in [0.2, 0.25) is 0 Å². The molecule has 4 nitrogen and oxygen atoms in total. The number of thioether (sulfide) groups is 1. The van der Waals surface area contributed by atoms with Gasteiger partial charge in [-0.1, -0.05) is 0 Å². The van der Waals surface area contributed by atoms with Gasteiger partial charge < -0.3 is 10.2 Å². The van der Waals surface area contributed by atoms with E-state index in [9.17, 15) is 9.18 Å². The SMILES string of the molecule is CNc1ncc(F)cc1C(=O)N(C)C(C)CSC. The Labute approximate surface area is 111 Å². The molecule has 6 heteroatoms. The van der Waals surface area contributed by atoms with Crippen molar-refractivity contribution in [3.63, 3.8) is 0 Å². The Hall–Kier alpha value is -1.30. The zero-order chi connectivity index (χ0) is 13.7. The Morgan fingerprint density at radius 1 is 1.67 bits per heavy atom. The van der Waals surface area contributed by atoms with Crippen molar-refractivity contribution in [2.75, 3.05) is 31.4 Å². The molecule has 0 aromatic carbocycles. The quantitative estimate of drug-likeness (QED) is 0.890. The number of amides is 1. The second kappa shape index (κ2) is 6.58. The molecule has 0 spiro atoms. The first kappa shape index (κ1) is 14.8. The number of nitrogens with zero attached hydrogens (tertiary/aromatic N) is 2. The standard InChI is InChI=1S/C12H18FN3OS/c1-8(7-18-4)16(3)12(17)10-5-9(13)6-15-11(10)14-2/h5-6,8H,7H2,1-4H3,(H,14,15). The highest BCUT2D eigenvalue weighted by Crippen LogP contribution is 2.17. The fourth-order valence-electron chi connectivity index (χ4n) is 1.54. The molecule has 1 aromatic heterocycles. The molecule has 0 saturated heterocycles. The van der Waals surface area contributed by atoms with Crippen LogP contribution in [-0.2, 0) is 0 Å². The highest BCUT2D eigenvalue weighted by atomic mass is 32.2. The zero-order valence-corrected chi connectivity index (χ0v) is 11.8. The minimum atomic E-state index is -0.511. The smallest absolute Gasteiger partial charge is 0.257 e. The number of carbonyl (C=O) groups is 1. The Balaban J connectivity index is 2.98. The minimum absolute atomic E-state index is 0.0838. The lowest BCUT2D eigenvalue weighted by atomic mass is 10.2. The molecular formula is C12H18FN3OS. The van der Waals surface area contributed by atoms with Crippen LogP contribution in [0.4, 0.5) is 10.2 Å². The summed E-state index contributed by atoms with van der Waals surface area (Å²) in [7, 11) is 3.37. The molecule has 1 heterocycles. The van der Waals surface area contributed by atoms with Gasteiger partial charge in [0.1, 0.15) is 11.6 Å². The van der Waals surface area contributed by atoms with Gasteiger partial charge in [-0.25, -0.2) is 9.37 Å². The summed E-state index contributed by atoms with van der Waals surface area (Å²) in [6.07, 6.45) is 3.07. The van der Waals surface area contributed by atoms with Gasteiger partial charge >= 0.3 is 0 Å². The van der Waals surface area contributed by atoms with Crippen molar-refractivity contribution in [3.8, 4) is 0 Å². The molecule has 0 aliphatic rings. The van der Waals surface area contributed by atoms with Crippen LogP contribution in [0.2, 0.25) is 0 Å². The van der Waals surface area contributed by atoms with Crippen LogP contribution >= 0.6 is 11.8 Å². The minimum Gasteiger partial charge on any atom is -0.372 e. The molecule has 0 fully saturated rings. The molecule has 1 rings (SSSR count). The number of nitrogens with one attached hydrogen (secondary N) is 1. The van der Waals surface area contributed by atoms with Crippen LogP contribution in [0.25, 0.3) is 0 Å². The molecule has 0 bridgehead atoms. The summed E-state index contributed by atoms with van der Waals surface area (Å²) in [4.78, 5) is 17.7. The third-order valence-corrected chi connectivity index (χ3v) is 3.53. The van der Waals surface area contributed by atoms with Crippen LogP contribution < -0.4 is 5.32 Å². The Morgan fingerprint density at radius 2 is 2.33 bits per heavy atom. The van der Waals surface area contributed by atoms with Crippen LogP contribution in [0.3, 0.4) is 0 Å². The number of hydrogen-bond acceptors (Lipinski definition) is 4. The van der Waals surface area contributed by atoms with Crippen molar-refractivity contribution in [1.82, 2.24) is 9.88 Å². The average Bonchev–Trinajstić information content (AvgIpc) is 2.37. The summed E-state index contributed by atoms with van der Waals surface area (Å²) in [5, 5.41) is 2.80. The summed E-state index contributed by atoms with van der Waals surface area (Å²) in [5.74, 6) is 0.487. The van der Waals surface area contributed by atoms with Crippen molar-refractivity contribution in [2.45, 2.75) is 13.0 Å². The molecule has 1 atom stereocenters.